The lowest BCUT2D eigenvalue weighted by Gasteiger charge is -2.20. The second-order valence-corrected chi connectivity index (χ2v) is 6.24. The lowest BCUT2D eigenvalue weighted by molar-refractivity contribution is 0.0295. The van der Waals surface area contributed by atoms with Gasteiger partial charge in [-0.15, -0.1) is 0 Å². The molecule has 2 rings (SSSR count). The maximum Gasteiger partial charge on any atom is 0.233 e. The summed E-state index contributed by atoms with van der Waals surface area (Å²) in [6, 6.07) is 4.30. The van der Waals surface area contributed by atoms with Gasteiger partial charge in [0, 0.05) is 11.8 Å². The van der Waals surface area contributed by atoms with Crippen molar-refractivity contribution in [3.8, 4) is 11.6 Å². The molecule has 3 nitrogen and oxygen atoms in total. The number of alkyl halides is 1. The molecule has 0 saturated heterocycles. The normalized spacial score (nSPS) is 13.8. The van der Waals surface area contributed by atoms with Gasteiger partial charge in [0.25, 0.3) is 0 Å². The summed E-state index contributed by atoms with van der Waals surface area (Å²) in [7, 11) is 0. The molecule has 2 aromatic rings. The van der Waals surface area contributed by atoms with E-state index in [0.29, 0.717) is 26.9 Å². The van der Waals surface area contributed by atoms with Crippen LogP contribution in [0.4, 0.5) is 8.78 Å². The largest absolute Gasteiger partial charge is 0.437 e. The Bertz CT molecular complexity index is 682. The Kier molecular flexibility index (Phi) is 4.82. The van der Waals surface area contributed by atoms with E-state index in [2.05, 4.69) is 20.9 Å². The summed E-state index contributed by atoms with van der Waals surface area (Å²) in [5.74, 6) is 0.444. The number of pyridine rings is 1. The number of aromatic nitrogens is 1. The molecule has 0 spiro atoms. The molecule has 0 saturated carbocycles. The average molecular weight is 372 g/mol. The van der Waals surface area contributed by atoms with Crippen LogP contribution in [-0.2, 0) is 5.60 Å². The summed E-state index contributed by atoms with van der Waals surface area (Å²) in [5.41, 5.74) is 0.0225. The molecule has 118 valence electrons. The minimum absolute atomic E-state index is 0.260. The lowest BCUT2D eigenvalue weighted by Crippen LogP contribution is -2.23. The van der Waals surface area contributed by atoms with E-state index in [-0.39, 0.29) is 11.7 Å². The van der Waals surface area contributed by atoms with Gasteiger partial charge < -0.3 is 9.84 Å². The quantitative estimate of drug-likeness (QED) is 0.855. The number of ether oxygens (including phenoxy) is 1. The monoisotopic (exact) mass is 371 g/mol. The second-order valence-electron chi connectivity index (χ2n) is 5.39. The molecular weight excluding hydrogens is 356 g/mol. The van der Waals surface area contributed by atoms with Crippen molar-refractivity contribution in [3.05, 3.63) is 51.4 Å². The average Bonchev–Trinajstić information content (AvgIpc) is 2.44. The molecule has 0 radical (unpaired) electrons. The van der Waals surface area contributed by atoms with Gasteiger partial charge in [-0.1, -0.05) is 0 Å². The van der Waals surface area contributed by atoms with E-state index < -0.39 is 12.3 Å². The summed E-state index contributed by atoms with van der Waals surface area (Å²) < 4.78 is 32.3. The number of aryl methyl sites for hydroxylation is 2. The fourth-order valence-electron chi connectivity index (χ4n) is 2.03. The molecule has 0 fully saturated rings. The number of hydrogen-bond acceptors (Lipinski definition) is 3. The first-order valence-electron chi connectivity index (χ1n) is 6.63. The summed E-state index contributed by atoms with van der Waals surface area (Å²) in [6.07, 6.45) is 1.36. The van der Waals surface area contributed by atoms with E-state index in [9.17, 15) is 13.9 Å². The summed E-state index contributed by atoms with van der Waals surface area (Å²) in [4.78, 5) is 4.10. The van der Waals surface area contributed by atoms with Crippen molar-refractivity contribution in [2.75, 3.05) is 6.67 Å². The number of hydrogen-bond donors (Lipinski definition) is 1. The third-order valence-electron chi connectivity index (χ3n) is 3.31. The molecular formula is C16H16BrF2NO2. The van der Waals surface area contributed by atoms with Crippen LogP contribution in [0.3, 0.4) is 0 Å². The highest BCUT2D eigenvalue weighted by Crippen LogP contribution is 2.34. The smallest absolute Gasteiger partial charge is 0.233 e. The van der Waals surface area contributed by atoms with E-state index in [1.54, 1.807) is 19.9 Å². The number of nitrogens with zero attached hydrogens (tertiary/aromatic N) is 1. The highest BCUT2D eigenvalue weighted by Gasteiger charge is 2.24. The topological polar surface area (TPSA) is 42.4 Å². The predicted molar refractivity (Wildman–Crippen MR) is 83.4 cm³/mol. The zero-order valence-electron chi connectivity index (χ0n) is 12.5. The minimum atomic E-state index is -1.60. The van der Waals surface area contributed by atoms with E-state index in [0.717, 1.165) is 0 Å². The molecule has 0 bridgehead atoms. The van der Waals surface area contributed by atoms with Crippen LogP contribution >= 0.6 is 15.9 Å². The molecule has 1 atom stereocenters. The van der Waals surface area contributed by atoms with E-state index in [1.165, 1.54) is 25.3 Å². The lowest BCUT2D eigenvalue weighted by atomic mass is 10.00. The number of aliphatic hydroxyl groups is 1. The Balaban J connectivity index is 2.36. The van der Waals surface area contributed by atoms with E-state index >= 15 is 0 Å². The maximum atomic E-state index is 13.3. The van der Waals surface area contributed by atoms with Crippen molar-refractivity contribution in [3.63, 3.8) is 0 Å². The third kappa shape index (κ3) is 3.44. The van der Waals surface area contributed by atoms with Crippen LogP contribution in [0.15, 0.2) is 28.9 Å². The molecule has 0 amide bonds. The molecule has 22 heavy (non-hydrogen) atoms. The van der Waals surface area contributed by atoms with Crippen molar-refractivity contribution in [2.24, 2.45) is 0 Å². The van der Waals surface area contributed by atoms with Gasteiger partial charge in [0.1, 0.15) is 23.8 Å². The van der Waals surface area contributed by atoms with Crippen molar-refractivity contribution < 1.29 is 18.6 Å². The molecule has 0 aliphatic carbocycles. The van der Waals surface area contributed by atoms with Gasteiger partial charge in [-0.3, -0.25) is 0 Å². The SMILES string of the molecule is Cc1cc(F)cc(C)c1Oc1ncc(C(C)(O)CF)cc1Br. The standard InChI is InChI=1S/C16H16BrF2NO2/c1-9-4-12(19)5-10(2)14(9)22-15-13(17)6-11(7-20-15)16(3,21)8-18/h4-7,21H,8H2,1-3H3. The fraction of sp³-hybridized carbons (Fsp3) is 0.312. The van der Waals surface area contributed by atoms with Gasteiger partial charge in [-0.05, 0) is 66.0 Å². The molecule has 1 unspecified atom stereocenters. The molecule has 1 N–H and O–H groups in total. The highest BCUT2D eigenvalue weighted by molar-refractivity contribution is 9.10. The van der Waals surface area contributed by atoms with E-state index in [1.807, 2.05) is 0 Å². The van der Waals surface area contributed by atoms with Gasteiger partial charge in [-0.2, -0.15) is 0 Å². The predicted octanol–water partition coefficient (Wildman–Crippen LogP) is 4.57. The third-order valence-corrected chi connectivity index (χ3v) is 3.88. The van der Waals surface area contributed by atoms with Crippen LogP contribution in [0.5, 0.6) is 11.6 Å². The zero-order valence-corrected chi connectivity index (χ0v) is 14.0. The van der Waals surface area contributed by atoms with Crippen LogP contribution in [0, 0.1) is 19.7 Å². The fourth-order valence-corrected chi connectivity index (χ4v) is 2.46. The number of rotatable bonds is 4. The van der Waals surface area contributed by atoms with Gasteiger partial charge in [0.2, 0.25) is 5.88 Å². The van der Waals surface area contributed by atoms with Crippen LogP contribution in [0.25, 0.3) is 0 Å². The Hall–Kier alpha value is -1.53. The Morgan fingerprint density at radius 3 is 2.36 bits per heavy atom. The van der Waals surface area contributed by atoms with Gasteiger partial charge in [0.05, 0.1) is 4.47 Å². The Labute approximate surface area is 136 Å². The van der Waals surface area contributed by atoms with Crippen LogP contribution < -0.4 is 4.74 Å². The van der Waals surface area contributed by atoms with Gasteiger partial charge in [0.15, 0.2) is 0 Å². The highest BCUT2D eigenvalue weighted by atomic mass is 79.9. The van der Waals surface area contributed by atoms with Crippen molar-refractivity contribution in [1.82, 2.24) is 4.98 Å². The first-order chi connectivity index (χ1) is 10.2. The van der Waals surface area contributed by atoms with Crippen molar-refractivity contribution in [2.45, 2.75) is 26.4 Å². The zero-order chi connectivity index (χ0) is 16.5. The second kappa shape index (κ2) is 6.30. The van der Waals surface area contributed by atoms with Crippen molar-refractivity contribution >= 4 is 15.9 Å². The summed E-state index contributed by atoms with van der Waals surface area (Å²) >= 11 is 3.29. The molecule has 6 heteroatoms. The number of halogens is 3. The maximum absolute atomic E-state index is 13.3. The van der Waals surface area contributed by atoms with Crippen LogP contribution in [0.1, 0.15) is 23.6 Å². The summed E-state index contributed by atoms with van der Waals surface area (Å²) in [5, 5.41) is 9.90. The Morgan fingerprint density at radius 1 is 1.27 bits per heavy atom. The molecule has 1 aromatic heterocycles. The van der Waals surface area contributed by atoms with Gasteiger partial charge in [-0.25, -0.2) is 13.8 Å². The van der Waals surface area contributed by atoms with Crippen LogP contribution in [-0.4, -0.2) is 16.8 Å². The summed E-state index contributed by atoms with van der Waals surface area (Å²) in [6.45, 7) is 3.92. The number of benzene rings is 1. The van der Waals surface area contributed by atoms with Crippen LogP contribution in [0.2, 0.25) is 0 Å². The Morgan fingerprint density at radius 2 is 1.86 bits per heavy atom. The van der Waals surface area contributed by atoms with E-state index in [4.69, 9.17) is 4.74 Å². The first-order valence-corrected chi connectivity index (χ1v) is 7.43. The molecule has 0 aliphatic rings. The molecule has 1 heterocycles. The first kappa shape index (κ1) is 16.8. The minimum Gasteiger partial charge on any atom is -0.437 e. The molecule has 1 aromatic carbocycles. The van der Waals surface area contributed by atoms with Crippen molar-refractivity contribution in [1.29, 1.82) is 0 Å². The van der Waals surface area contributed by atoms with Gasteiger partial charge >= 0.3 is 0 Å². The molecule has 0 aliphatic heterocycles.